The third-order valence-electron chi connectivity index (χ3n) is 2.44. The normalized spacial score (nSPS) is 10.3. The lowest BCUT2D eigenvalue weighted by Crippen LogP contribution is -1.99. The van der Waals surface area contributed by atoms with E-state index in [0.717, 1.165) is 12.1 Å². The van der Waals surface area contributed by atoms with Crippen LogP contribution in [0.2, 0.25) is 0 Å². The molecule has 20 heavy (non-hydrogen) atoms. The molecule has 0 bridgehead atoms. The molecule has 0 spiro atoms. The Labute approximate surface area is 121 Å². The van der Waals surface area contributed by atoms with E-state index in [2.05, 4.69) is 15.9 Å². The maximum absolute atomic E-state index is 13.2. The summed E-state index contributed by atoms with van der Waals surface area (Å²) in [6, 6.07) is 7.05. The quantitative estimate of drug-likeness (QED) is 0.617. The largest absolute Gasteiger partial charge is 0.488 e. The van der Waals surface area contributed by atoms with Crippen molar-refractivity contribution in [3.05, 3.63) is 68.2 Å². The van der Waals surface area contributed by atoms with Crippen LogP contribution in [0.25, 0.3) is 0 Å². The Morgan fingerprint density at radius 2 is 1.90 bits per heavy atom. The van der Waals surface area contributed by atoms with E-state index in [1.54, 1.807) is 0 Å². The first-order valence-corrected chi connectivity index (χ1v) is 6.27. The molecule has 0 saturated carbocycles. The summed E-state index contributed by atoms with van der Waals surface area (Å²) >= 11 is 3.13. The molecule has 0 fully saturated rings. The van der Waals surface area contributed by atoms with E-state index in [1.165, 1.54) is 24.3 Å². The molecule has 0 aliphatic rings. The van der Waals surface area contributed by atoms with E-state index in [0.29, 0.717) is 15.8 Å². The van der Waals surface area contributed by atoms with E-state index in [-0.39, 0.29) is 12.3 Å². The van der Waals surface area contributed by atoms with Gasteiger partial charge in [-0.3, -0.25) is 10.1 Å². The maximum atomic E-state index is 13.2. The van der Waals surface area contributed by atoms with E-state index in [1.807, 2.05) is 0 Å². The smallest absolute Gasteiger partial charge is 0.272 e. The molecule has 2 rings (SSSR count). The van der Waals surface area contributed by atoms with Gasteiger partial charge in [-0.25, -0.2) is 8.78 Å². The molecule has 0 N–H and O–H groups in total. The number of halogens is 3. The van der Waals surface area contributed by atoms with Gasteiger partial charge in [-0.15, -0.1) is 0 Å². The summed E-state index contributed by atoms with van der Waals surface area (Å²) in [7, 11) is 0. The summed E-state index contributed by atoms with van der Waals surface area (Å²) in [4.78, 5) is 9.94. The molecular formula is C13H8BrF2NO3. The summed E-state index contributed by atoms with van der Waals surface area (Å²) in [6.45, 7) is -0.0666. The molecule has 0 aliphatic heterocycles. The zero-order valence-electron chi connectivity index (χ0n) is 9.98. The first-order chi connectivity index (χ1) is 9.45. The average Bonchev–Trinajstić information content (AvgIpc) is 2.37. The summed E-state index contributed by atoms with van der Waals surface area (Å²) in [5.74, 6) is -0.778. The van der Waals surface area contributed by atoms with Gasteiger partial charge in [0.15, 0.2) is 0 Å². The van der Waals surface area contributed by atoms with Gasteiger partial charge in [0, 0.05) is 6.07 Å². The van der Waals surface area contributed by atoms with Gasteiger partial charge >= 0.3 is 0 Å². The van der Waals surface area contributed by atoms with Crippen molar-refractivity contribution >= 4 is 21.6 Å². The molecule has 7 heteroatoms. The topological polar surface area (TPSA) is 52.4 Å². The number of nitrogens with zero attached hydrogens (tertiary/aromatic N) is 1. The molecule has 0 unspecified atom stereocenters. The molecule has 0 saturated heterocycles. The van der Waals surface area contributed by atoms with Crippen LogP contribution in [-0.4, -0.2) is 4.92 Å². The number of rotatable bonds is 4. The molecule has 0 aliphatic carbocycles. The zero-order chi connectivity index (χ0) is 14.7. The van der Waals surface area contributed by atoms with Crippen molar-refractivity contribution < 1.29 is 18.4 Å². The number of nitro groups is 1. The van der Waals surface area contributed by atoms with Crippen molar-refractivity contribution in [2.45, 2.75) is 6.61 Å². The monoisotopic (exact) mass is 343 g/mol. The molecule has 0 aromatic heterocycles. The van der Waals surface area contributed by atoms with Crippen LogP contribution in [0.15, 0.2) is 40.9 Å². The van der Waals surface area contributed by atoms with Crippen LogP contribution in [0.4, 0.5) is 14.5 Å². The second kappa shape index (κ2) is 5.96. The molecule has 0 radical (unpaired) electrons. The first-order valence-electron chi connectivity index (χ1n) is 5.47. The van der Waals surface area contributed by atoms with Crippen LogP contribution in [0.1, 0.15) is 5.56 Å². The Hall–Kier alpha value is -2.02. The summed E-state index contributed by atoms with van der Waals surface area (Å²) in [5, 5.41) is 10.6. The van der Waals surface area contributed by atoms with Gasteiger partial charge in [-0.05, 0) is 45.8 Å². The predicted octanol–water partition coefficient (Wildman–Crippen LogP) is 4.21. The Morgan fingerprint density at radius 3 is 2.55 bits per heavy atom. The lowest BCUT2D eigenvalue weighted by molar-refractivity contribution is -0.385. The van der Waals surface area contributed by atoms with Crippen LogP contribution in [0.3, 0.4) is 0 Å². The minimum absolute atomic E-state index is 0.0666. The van der Waals surface area contributed by atoms with Gasteiger partial charge in [0.2, 0.25) is 0 Å². The van der Waals surface area contributed by atoms with Gasteiger partial charge in [0.05, 0.1) is 15.5 Å². The van der Waals surface area contributed by atoms with Gasteiger partial charge in [0.25, 0.3) is 5.69 Å². The summed E-state index contributed by atoms with van der Waals surface area (Å²) < 4.78 is 31.9. The Morgan fingerprint density at radius 1 is 1.15 bits per heavy atom. The van der Waals surface area contributed by atoms with Crippen molar-refractivity contribution in [1.82, 2.24) is 0 Å². The highest BCUT2D eigenvalue weighted by Gasteiger charge is 2.11. The van der Waals surface area contributed by atoms with Gasteiger partial charge < -0.3 is 4.74 Å². The number of hydrogen-bond donors (Lipinski definition) is 0. The highest BCUT2D eigenvalue weighted by molar-refractivity contribution is 9.10. The Balaban J connectivity index is 2.16. The predicted molar refractivity (Wildman–Crippen MR) is 71.5 cm³/mol. The van der Waals surface area contributed by atoms with Gasteiger partial charge in [0.1, 0.15) is 24.0 Å². The number of benzene rings is 2. The number of ether oxygens (including phenoxy) is 1. The maximum Gasteiger partial charge on any atom is 0.272 e. The van der Waals surface area contributed by atoms with Crippen molar-refractivity contribution in [2.75, 3.05) is 0 Å². The minimum atomic E-state index is -0.712. The van der Waals surface area contributed by atoms with Gasteiger partial charge in [-0.1, -0.05) is 0 Å². The average molecular weight is 344 g/mol. The van der Waals surface area contributed by atoms with E-state index in [4.69, 9.17) is 4.74 Å². The van der Waals surface area contributed by atoms with Crippen LogP contribution >= 0.6 is 15.9 Å². The standard InChI is InChI=1S/C13H8BrF2NO3/c14-12-6-9(15)1-2-13(12)20-7-8-3-10(16)5-11(4-8)17(18)19/h1-6H,7H2. The molecular weight excluding hydrogens is 336 g/mol. The molecule has 2 aromatic rings. The molecule has 0 atom stereocenters. The van der Waals surface area contributed by atoms with Crippen molar-refractivity contribution in [2.24, 2.45) is 0 Å². The number of non-ortho nitro benzene ring substituents is 1. The lowest BCUT2D eigenvalue weighted by Gasteiger charge is -2.08. The third-order valence-corrected chi connectivity index (χ3v) is 3.06. The van der Waals surface area contributed by atoms with Gasteiger partial charge in [-0.2, -0.15) is 0 Å². The van der Waals surface area contributed by atoms with E-state index < -0.39 is 16.6 Å². The SMILES string of the molecule is O=[N+]([O-])c1cc(F)cc(COc2ccc(F)cc2Br)c1. The Kier molecular flexibility index (Phi) is 4.29. The highest BCUT2D eigenvalue weighted by atomic mass is 79.9. The van der Waals surface area contributed by atoms with Crippen molar-refractivity contribution in [1.29, 1.82) is 0 Å². The fourth-order valence-corrected chi connectivity index (χ4v) is 2.04. The Bertz CT molecular complexity index is 664. The summed E-state index contributed by atoms with van der Waals surface area (Å²) in [6.07, 6.45) is 0. The number of hydrogen-bond acceptors (Lipinski definition) is 3. The zero-order valence-corrected chi connectivity index (χ0v) is 11.6. The molecule has 4 nitrogen and oxygen atoms in total. The van der Waals surface area contributed by atoms with E-state index >= 15 is 0 Å². The fraction of sp³-hybridized carbons (Fsp3) is 0.0769. The van der Waals surface area contributed by atoms with Crippen molar-refractivity contribution in [3.63, 3.8) is 0 Å². The molecule has 104 valence electrons. The molecule has 0 heterocycles. The van der Waals surface area contributed by atoms with E-state index in [9.17, 15) is 18.9 Å². The van der Waals surface area contributed by atoms with Crippen LogP contribution in [0, 0.1) is 21.7 Å². The second-order valence-corrected chi connectivity index (χ2v) is 4.79. The van der Waals surface area contributed by atoms with Crippen LogP contribution < -0.4 is 4.74 Å². The minimum Gasteiger partial charge on any atom is -0.488 e. The van der Waals surface area contributed by atoms with Crippen molar-refractivity contribution in [3.8, 4) is 5.75 Å². The summed E-state index contributed by atoms with van der Waals surface area (Å²) in [5.41, 5.74) is -0.0327. The second-order valence-electron chi connectivity index (χ2n) is 3.94. The first kappa shape index (κ1) is 14.4. The number of nitro benzene ring substituents is 1. The fourth-order valence-electron chi connectivity index (χ4n) is 1.58. The van der Waals surface area contributed by atoms with Crippen LogP contribution in [0.5, 0.6) is 5.75 Å². The van der Waals surface area contributed by atoms with Crippen LogP contribution in [-0.2, 0) is 6.61 Å². The molecule has 0 amide bonds. The highest BCUT2D eigenvalue weighted by Crippen LogP contribution is 2.26. The molecule has 2 aromatic carbocycles. The third kappa shape index (κ3) is 3.51. The lowest BCUT2D eigenvalue weighted by atomic mass is 10.2.